The first-order chi connectivity index (χ1) is 9.84. The van der Waals surface area contributed by atoms with E-state index in [0.29, 0.717) is 19.7 Å². The van der Waals surface area contributed by atoms with Crippen molar-refractivity contribution in [2.45, 2.75) is 6.54 Å². The van der Waals surface area contributed by atoms with Gasteiger partial charge in [0.25, 0.3) is 0 Å². The Bertz CT molecular complexity index is 517. The minimum absolute atomic E-state index is 0.217. The van der Waals surface area contributed by atoms with Crippen LogP contribution >= 0.6 is 0 Å². The second-order valence-electron chi connectivity index (χ2n) is 4.13. The lowest BCUT2D eigenvalue weighted by Crippen LogP contribution is -2.37. The first-order valence-electron chi connectivity index (χ1n) is 6.43. The van der Waals surface area contributed by atoms with Crippen molar-refractivity contribution >= 4 is 6.03 Å². The van der Waals surface area contributed by atoms with E-state index in [2.05, 4.69) is 15.6 Å². The Labute approximate surface area is 118 Å². The summed E-state index contributed by atoms with van der Waals surface area (Å²) in [5.74, 6) is 0.796. The molecule has 0 aliphatic rings. The lowest BCUT2D eigenvalue weighted by molar-refractivity contribution is 0.236. The van der Waals surface area contributed by atoms with Crippen molar-refractivity contribution in [1.82, 2.24) is 15.6 Å². The molecule has 2 rings (SSSR count). The van der Waals surface area contributed by atoms with Crippen LogP contribution in [0, 0.1) is 0 Å². The van der Waals surface area contributed by atoms with Gasteiger partial charge in [-0.3, -0.25) is 4.98 Å². The second kappa shape index (κ2) is 7.78. The SMILES string of the molecule is O=C(NCCOc1ccccc1)NCc1cccnc1. The summed E-state index contributed by atoms with van der Waals surface area (Å²) in [6.45, 7) is 1.34. The Hall–Kier alpha value is -2.56. The molecule has 0 bridgehead atoms. The number of nitrogens with zero attached hydrogens (tertiary/aromatic N) is 1. The normalized spacial score (nSPS) is 9.80. The highest BCUT2D eigenvalue weighted by Crippen LogP contribution is 2.07. The number of nitrogens with one attached hydrogen (secondary N) is 2. The summed E-state index contributed by atoms with van der Waals surface area (Å²) in [5, 5.41) is 5.48. The molecule has 2 N–H and O–H groups in total. The fourth-order valence-electron chi connectivity index (χ4n) is 1.60. The number of para-hydroxylation sites is 1. The Morgan fingerprint density at radius 2 is 1.95 bits per heavy atom. The molecule has 0 saturated heterocycles. The predicted molar refractivity (Wildman–Crippen MR) is 76.4 cm³/mol. The van der Waals surface area contributed by atoms with Crippen LogP contribution in [-0.2, 0) is 6.54 Å². The average molecular weight is 271 g/mol. The van der Waals surface area contributed by atoms with Gasteiger partial charge in [-0.25, -0.2) is 4.79 Å². The number of benzene rings is 1. The van der Waals surface area contributed by atoms with Gasteiger partial charge in [0.1, 0.15) is 12.4 Å². The molecular weight excluding hydrogens is 254 g/mol. The molecule has 0 fully saturated rings. The fraction of sp³-hybridized carbons (Fsp3) is 0.200. The van der Waals surface area contributed by atoms with Gasteiger partial charge in [0.2, 0.25) is 0 Å². The summed E-state index contributed by atoms with van der Waals surface area (Å²) in [4.78, 5) is 15.5. The van der Waals surface area contributed by atoms with Crippen molar-refractivity contribution in [2.24, 2.45) is 0 Å². The lowest BCUT2D eigenvalue weighted by atomic mass is 10.3. The fourth-order valence-corrected chi connectivity index (χ4v) is 1.60. The van der Waals surface area contributed by atoms with Crippen molar-refractivity contribution in [3.63, 3.8) is 0 Å². The van der Waals surface area contributed by atoms with E-state index in [9.17, 15) is 4.79 Å². The summed E-state index contributed by atoms with van der Waals surface area (Å²) in [6, 6.07) is 13.0. The molecule has 5 nitrogen and oxygen atoms in total. The Morgan fingerprint density at radius 1 is 1.10 bits per heavy atom. The number of urea groups is 1. The van der Waals surface area contributed by atoms with Crippen LogP contribution in [0.15, 0.2) is 54.9 Å². The second-order valence-corrected chi connectivity index (χ2v) is 4.13. The first-order valence-corrected chi connectivity index (χ1v) is 6.43. The zero-order valence-electron chi connectivity index (χ0n) is 11.1. The molecule has 0 spiro atoms. The maximum absolute atomic E-state index is 11.5. The van der Waals surface area contributed by atoms with Gasteiger partial charge in [-0.15, -0.1) is 0 Å². The van der Waals surface area contributed by atoms with Crippen molar-refractivity contribution in [3.05, 3.63) is 60.4 Å². The van der Waals surface area contributed by atoms with Gasteiger partial charge in [-0.1, -0.05) is 24.3 Å². The molecule has 0 unspecified atom stereocenters. The molecule has 1 aromatic carbocycles. The van der Waals surface area contributed by atoms with E-state index in [1.807, 2.05) is 42.5 Å². The number of ether oxygens (including phenoxy) is 1. The number of carbonyl (C=O) groups excluding carboxylic acids is 1. The minimum Gasteiger partial charge on any atom is -0.492 e. The Morgan fingerprint density at radius 3 is 2.70 bits per heavy atom. The third-order valence-electron chi connectivity index (χ3n) is 2.58. The van der Waals surface area contributed by atoms with Crippen LogP contribution in [0.5, 0.6) is 5.75 Å². The number of carbonyl (C=O) groups is 1. The zero-order chi connectivity index (χ0) is 14.0. The molecular formula is C15H17N3O2. The predicted octanol–water partition coefficient (Wildman–Crippen LogP) is 1.96. The number of hydrogen-bond donors (Lipinski definition) is 2. The Balaban J connectivity index is 1.59. The Kier molecular flexibility index (Phi) is 5.39. The van der Waals surface area contributed by atoms with E-state index in [1.165, 1.54) is 0 Å². The smallest absolute Gasteiger partial charge is 0.315 e. The van der Waals surface area contributed by atoms with E-state index in [4.69, 9.17) is 4.74 Å². The zero-order valence-corrected chi connectivity index (χ0v) is 11.1. The maximum Gasteiger partial charge on any atom is 0.315 e. The van der Waals surface area contributed by atoms with Crippen LogP contribution in [-0.4, -0.2) is 24.2 Å². The molecule has 5 heteroatoms. The minimum atomic E-state index is -0.217. The van der Waals surface area contributed by atoms with E-state index in [0.717, 1.165) is 11.3 Å². The van der Waals surface area contributed by atoms with E-state index in [-0.39, 0.29) is 6.03 Å². The molecule has 0 aliphatic heterocycles. The van der Waals surface area contributed by atoms with Crippen LogP contribution in [0.2, 0.25) is 0 Å². The van der Waals surface area contributed by atoms with E-state index < -0.39 is 0 Å². The van der Waals surface area contributed by atoms with Crippen LogP contribution in [0.4, 0.5) is 4.79 Å². The van der Waals surface area contributed by atoms with Crippen molar-refractivity contribution in [1.29, 1.82) is 0 Å². The third-order valence-corrected chi connectivity index (χ3v) is 2.58. The molecule has 20 heavy (non-hydrogen) atoms. The van der Waals surface area contributed by atoms with Crippen molar-refractivity contribution < 1.29 is 9.53 Å². The molecule has 0 radical (unpaired) electrons. The van der Waals surface area contributed by atoms with Gasteiger partial charge < -0.3 is 15.4 Å². The van der Waals surface area contributed by atoms with Gasteiger partial charge in [0, 0.05) is 18.9 Å². The number of rotatable bonds is 6. The van der Waals surface area contributed by atoms with E-state index in [1.54, 1.807) is 12.4 Å². The number of hydrogen-bond acceptors (Lipinski definition) is 3. The molecule has 2 aromatic rings. The topological polar surface area (TPSA) is 63.2 Å². The third kappa shape index (κ3) is 4.97. The molecule has 0 saturated carbocycles. The lowest BCUT2D eigenvalue weighted by Gasteiger charge is -2.08. The summed E-state index contributed by atoms with van der Waals surface area (Å²) < 4.78 is 5.47. The molecule has 0 aliphatic carbocycles. The van der Waals surface area contributed by atoms with Crippen LogP contribution in [0.25, 0.3) is 0 Å². The van der Waals surface area contributed by atoms with Gasteiger partial charge in [-0.05, 0) is 23.8 Å². The molecule has 1 aromatic heterocycles. The highest BCUT2D eigenvalue weighted by molar-refractivity contribution is 5.73. The van der Waals surface area contributed by atoms with Gasteiger partial charge in [-0.2, -0.15) is 0 Å². The quantitative estimate of drug-likeness (QED) is 0.789. The highest BCUT2D eigenvalue weighted by atomic mass is 16.5. The van der Waals surface area contributed by atoms with Crippen molar-refractivity contribution in [2.75, 3.05) is 13.2 Å². The largest absolute Gasteiger partial charge is 0.492 e. The molecule has 0 atom stereocenters. The van der Waals surface area contributed by atoms with E-state index >= 15 is 0 Å². The monoisotopic (exact) mass is 271 g/mol. The summed E-state index contributed by atoms with van der Waals surface area (Å²) in [7, 11) is 0. The summed E-state index contributed by atoms with van der Waals surface area (Å²) in [5.41, 5.74) is 0.961. The van der Waals surface area contributed by atoms with Gasteiger partial charge in [0.05, 0.1) is 6.54 Å². The van der Waals surface area contributed by atoms with Gasteiger partial charge >= 0.3 is 6.03 Å². The van der Waals surface area contributed by atoms with Crippen LogP contribution in [0.3, 0.4) is 0 Å². The maximum atomic E-state index is 11.5. The summed E-state index contributed by atoms with van der Waals surface area (Å²) in [6.07, 6.45) is 3.42. The summed E-state index contributed by atoms with van der Waals surface area (Å²) >= 11 is 0. The standard InChI is InChI=1S/C15H17N3O2/c19-15(18-12-13-5-4-8-16-11-13)17-9-10-20-14-6-2-1-3-7-14/h1-8,11H,9-10,12H2,(H2,17,18,19). The first kappa shape index (κ1) is 13.9. The molecule has 2 amide bonds. The average Bonchev–Trinajstić information content (AvgIpc) is 2.52. The number of pyridine rings is 1. The highest BCUT2D eigenvalue weighted by Gasteiger charge is 1.99. The molecule has 1 heterocycles. The van der Waals surface area contributed by atoms with Gasteiger partial charge in [0.15, 0.2) is 0 Å². The number of aromatic nitrogens is 1. The van der Waals surface area contributed by atoms with Crippen LogP contribution in [0.1, 0.15) is 5.56 Å². The molecule has 104 valence electrons. The number of amides is 2. The van der Waals surface area contributed by atoms with Crippen LogP contribution < -0.4 is 15.4 Å². The van der Waals surface area contributed by atoms with Crippen molar-refractivity contribution in [3.8, 4) is 5.75 Å².